The molecule has 0 amide bonds. The number of benzene rings is 3. The molecule has 5 N–H and O–H groups in total. The van der Waals surface area contributed by atoms with Gasteiger partial charge in [0.05, 0.1) is 12.7 Å². The van der Waals surface area contributed by atoms with E-state index in [0.717, 1.165) is 31.6 Å². The summed E-state index contributed by atoms with van der Waals surface area (Å²) in [4.78, 5) is 0. The highest BCUT2D eigenvalue weighted by molar-refractivity contribution is 5.44. The van der Waals surface area contributed by atoms with Gasteiger partial charge in [-0.25, -0.2) is 0 Å². The van der Waals surface area contributed by atoms with E-state index in [9.17, 15) is 15.3 Å². The van der Waals surface area contributed by atoms with Gasteiger partial charge in [-0.15, -0.1) is 0 Å². The maximum Gasteiger partial charge on any atom is 0.121 e. The van der Waals surface area contributed by atoms with Crippen LogP contribution in [0.2, 0.25) is 0 Å². The van der Waals surface area contributed by atoms with Crippen LogP contribution in [0.15, 0.2) is 72.8 Å². The molecule has 5 heteroatoms. The minimum absolute atomic E-state index is 0.0411. The van der Waals surface area contributed by atoms with E-state index in [1.54, 1.807) is 12.1 Å². The van der Waals surface area contributed by atoms with Gasteiger partial charge in [-0.2, -0.15) is 0 Å². The Morgan fingerprint density at radius 1 is 0.800 bits per heavy atom. The molecule has 3 aromatic carbocycles. The average Bonchev–Trinajstić information content (AvgIpc) is 2.78. The van der Waals surface area contributed by atoms with Gasteiger partial charge >= 0.3 is 0 Å². The third-order valence-electron chi connectivity index (χ3n) is 5.13. The van der Waals surface area contributed by atoms with Crippen LogP contribution in [0.4, 0.5) is 5.69 Å². The number of aromatic hydroxyl groups is 1. The van der Waals surface area contributed by atoms with Crippen LogP contribution >= 0.6 is 0 Å². The van der Waals surface area contributed by atoms with Gasteiger partial charge in [-0.1, -0.05) is 48.5 Å². The highest BCUT2D eigenvalue weighted by atomic mass is 16.3. The smallest absolute Gasteiger partial charge is 0.121 e. The molecular formula is C25H30N2O3. The number of hydrogen-bond donors (Lipinski definition) is 5. The van der Waals surface area contributed by atoms with Crippen molar-refractivity contribution >= 4 is 5.69 Å². The largest absolute Gasteiger partial charge is 0.508 e. The number of nitrogens with one attached hydrogen (secondary N) is 2. The minimum Gasteiger partial charge on any atom is -0.508 e. The van der Waals surface area contributed by atoms with E-state index < -0.39 is 6.10 Å². The number of hydrogen-bond acceptors (Lipinski definition) is 5. The van der Waals surface area contributed by atoms with E-state index in [1.807, 2.05) is 6.07 Å². The lowest BCUT2D eigenvalue weighted by Gasteiger charge is -2.14. The van der Waals surface area contributed by atoms with Gasteiger partial charge in [0.1, 0.15) is 5.75 Å². The van der Waals surface area contributed by atoms with E-state index in [-0.39, 0.29) is 12.4 Å². The van der Waals surface area contributed by atoms with Crippen molar-refractivity contribution in [3.8, 4) is 5.75 Å². The maximum absolute atomic E-state index is 10.3. The zero-order valence-electron chi connectivity index (χ0n) is 17.1. The Morgan fingerprint density at radius 2 is 1.50 bits per heavy atom. The van der Waals surface area contributed by atoms with Crippen molar-refractivity contribution in [2.24, 2.45) is 0 Å². The molecule has 0 unspecified atom stereocenters. The molecule has 1 atom stereocenters. The van der Waals surface area contributed by atoms with Crippen molar-refractivity contribution in [3.05, 3.63) is 95.1 Å². The molecule has 0 radical (unpaired) electrons. The standard InChI is InChI=1S/C25H30N2O3/c28-18-22-16-21(8-11-24(22)29)25(30)17-26-14-12-20-6-9-23(10-7-20)27-15-13-19-4-2-1-3-5-19/h1-11,16,25-30H,12-15,17-18H2/t25-/m0/s1. The quantitative estimate of drug-likeness (QED) is 0.315. The number of aliphatic hydroxyl groups excluding tert-OH is 2. The first-order valence-corrected chi connectivity index (χ1v) is 10.3. The fraction of sp³-hybridized carbons (Fsp3) is 0.280. The highest BCUT2D eigenvalue weighted by Gasteiger charge is 2.10. The molecule has 0 aliphatic heterocycles. The first kappa shape index (κ1) is 21.8. The van der Waals surface area contributed by atoms with Crippen molar-refractivity contribution in [2.45, 2.75) is 25.6 Å². The lowest BCUT2D eigenvalue weighted by atomic mass is 10.1. The zero-order valence-corrected chi connectivity index (χ0v) is 17.1. The topological polar surface area (TPSA) is 84.8 Å². The zero-order chi connectivity index (χ0) is 21.2. The number of aliphatic hydroxyl groups is 2. The van der Waals surface area contributed by atoms with Crippen LogP contribution in [0.25, 0.3) is 0 Å². The molecule has 0 aromatic heterocycles. The molecule has 0 spiro atoms. The van der Waals surface area contributed by atoms with Gasteiger partial charge in [-0.3, -0.25) is 0 Å². The predicted molar refractivity (Wildman–Crippen MR) is 121 cm³/mol. The Labute approximate surface area is 178 Å². The van der Waals surface area contributed by atoms with Gasteiger partial charge < -0.3 is 26.0 Å². The monoisotopic (exact) mass is 406 g/mol. The third kappa shape index (κ3) is 6.59. The highest BCUT2D eigenvalue weighted by Crippen LogP contribution is 2.22. The second-order valence-electron chi connectivity index (χ2n) is 7.38. The van der Waals surface area contributed by atoms with Crippen LogP contribution in [0.1, 0.15) is 28.4 Å². The molecule has 3 rings (SSSR count). The molecule has 0 saturated heterocycles. The van der Waals surface area contributed by atoms with Gasteiger partial charge in [0.25, 0.3) is 0 Å². The Bertz CT molecular complexity index is 898. The average molecular weight is 407 g/mol. The van der Waals surface area contributed by atoms with E-state index in [1.165, 1.54) is 17.2 Å². The summed E-state index contributed by atoms with van der Waals surface area (Å²) < 4.78 is 0. The second kappa shape index (κ2) is 11.4. The van der Waals surface area contributed by atoms with Crippen molar-refractivity contribution in [3.63, 3.8) is 0 Å². The Balaban J connectivity index is 1.36. The fourth-order valence-corrected chi connectivity index (χ4v) is 3.31. The van der Waals surface area contributed by atoms with Gasteiger partial charge in [0.15, 0.2) is 0 Å². The second-order valence-corrected chi connectivity index (χ2v) is 7.38. The SMILES string of the molecule is OCc1cc([C@@H](O)CNCCc2ccc(NCCc3ccccc3)cc2)ccc1O. The maximum atomic E-state index is 10.3. The molecular weight excluding hydrogens is 376 g/mol. The molecule has 0 heterocycles. The van der Waals surface area contributed by atoms with Crippen LogP contribution in [0, 0.1) is 0 Å². The summed E-state index contributed by atoms with van der Waals surface area (Å²) in [6.45, 7) is 1.81. The van der Waals surface area contributed by atoms with Crippen LogP contribution in [-0.2, 0) is 19.4 Å². The summed E-state index contributed by atoms with van der Waals surface area (Å²) in [7, 11) is 0. The molecule has 0 aliphatic rings. The van der Waals surface area contributed by atoms with Crippen LogP contribution in [0.3, 0.4) is 0 Å². The van der Waals surface area contributed by atoms with Crippen LogP contribution < -0.4 is 10.6 Å². The van der Waals surface area contributed by atoms with Crippen LogP contribution in [-0.4, -0.2) is 35.0 Å². The summed E-state index contributed by atoms with van der Waals surface area (Å²) in [5.41, 5.74) is 4.77. The summed E-state index contributed by atoms with van der Waals surface area (Å²) in [5, 5.41) is 35.8. The van der Waals surface area contributed by atoms with E-state index in [4.69, 9.17) is 0 Å². The Hall–Kier alpha value is -2.86. The summed E-state index contributed by atoms with van der Waals surface area (Å²) in [6, 6.07) is 23.7. The first-order valence-electron chi connectivity index (χ1n) is 10.3. The molecule has 158 valence electrons. The molecule has 5 nitrogen and oxygen atoms in total. The molecule has 0 fully saturated rings. The molecule has 30 heavy (non-hydrogen) atoms. The van der Waals surface area contributed by atoms with Crippen LogP contribution in [0.5, 0.6) is 5.75 Å². The lowest BCUT2D eigenvalue weighted by Crippen LogP contribution is -2.23. The number of rotatable bonds is 11. The van der Waals surface area contributed by atoms with E-state index >= 15 is 0 Å². The molecule has 3 aromatic rings. The number of anilines is 1. The fourth-order valence-electron chi connectivity index (χ4n) is 3.31. The minimum atomic E-state index is -0.688. The summed E-state index contributed by atoms with van der Waals surface area (Å²) in [5.74, 6) is 0.0411. The van der Waals surface area contributed by atoms with E-state index in [2.05, 4.69) is 59.2 Å². The normalized spacial score (nSPS) is 11.9. The molecule has 0 saturated carbocycles. The van der Waals surface area contributed by atoms with E-state index in [0.29, 0.717) is 17.7 Å². The Morgan fingerprint density at radius 3 is 2.23 bits per heavy atom. The van der Waals surface area contributed by atoms with Crippen molar-refractivity contribution in [1.82, 2.24) is 5.32 Å². The van der Waals surface area contributed by atoms with Crippen molar-refractivity contribution < 1.29 is 15.3 Å². The lowest BCUT2D eigenvalue weighted by molar-refractivity contribution is 0.174. The number of phenols is 1. The summed E-state index contributed by atoms with van der Waals surface area (Å²) >= 11 is 0. The van der Waals surface area contributed by atoms with Gasteiger partial charge in [0.2, 0.25) is 0 Å². The van der Waals surface area contributed by atoms with Crippen molar-refractivity contribution in [1.29, 1.82) is 0 Å². The predicted octanol–water partition coefficient (Wildman–Crippen LogP) is 3.40. The van der Waals surface area contributed by atoms with Crippen molar-refractivity contribution in [2.75, 3.05) is 25.0 Å². The molecule has 0 bridgehead atoms. The van der Waals surface area contributed by atoms with Gasteiger partial charge in [-0.05, 0) is 60.3 Å². The first-order chi connectivity index (χ1) is 14.7. The molecule has 0 aliphatic carbocycles. The third-order valence-corrected chi connectivity index (χ3v) is 5.13. The summed E-state index contributed by atoms with van der Waals surface area (Å²) in [6.07, 6.45) is 1.18. The van der Waals surface area contributed by atoms with Gasteiger partial charge in [0, 0.05) is 24.3 Å². The Kier molecular flexibility index (Phi) is 8.27.